The molecule has 0 spiro atoms. The predicted molar refractivity (Wildman–Crippen MR) is 96.6 cm³/mol. The minimum absolute atomic E-state index is 0.0556. The summed E-state index contributed by atoms with van der Waals surface area (Å²) in [6.07, 6.45) is 2.57. The van der Waals surface area contributed by atoms with Gasteiger partial charge in [0.15, 0.2) is 10.8 Å². The molecular weight excluding hydrogens is 353 g/mol. The maximum Gasteiger partial charge on any atom is 0.308 e. The molecule has 4 nitrogen and oxygen atoms in total. The Morgan fingerprint density at radius 3 is 2.77 bits per heavy atom. The zero-order valence-electron chi connectivity index (χ0n) is 14.5. The number of esters is 1. The minimum atomic E-state index is -0.547. The van der Waals surface area contributed by atoms with Crippen molar-refractivity contribution in [2.75, 3.05) is 6.54 Å². The molecule has 0 unspecified atom stereocenters. The Kier molecular flexibility index (Phi) is 4.63. The maximum absolute atomic E-state index is 14.4. The van der Waals surface area contributed by atoms with E-state index in [0.717, 1.165) is 24.8 Å². The molecule has 1 aliphatic carbocycles. The van der Waals surface area contributed by atoms with E-state index < -0.39 is 6.04 Å². The van der Waals surface area contributed by atoms with Crippen LogP contribution in [0.1, 0.15) is 41.8 Å². The Bertz CT molecular complexity index is 858. The molecule has 2 heterocycles. The standard InChI is InChI=1S/C20H20FNO3S/c1-12(23)25-18-10-14-11-22(9-8-17(14)26-18)19(20(24)13-6-7-13)15-4-2-3-5-16(15)21/h2-5,10,13,19H,6-9,11H2,1H3/t19-/m1/s1. The van der Waals surface area contributed by atoms with Gasteiger partial charge in [0.05, 0.1) is 6.04 Å². The average Bonchev–Trinajstić information content (AvgIpc) is 3.37. The number of rotatable bonds is 5. The van der Waals surface area contributed by atoms with Gasteiger partial charge >= 0.3 is 5.97 Å². The van der Waals surface area contributed by atoms with Crippen LogP contribution < -0.4 is 4.74 Å². The van der Waals surface area contributed by atoms with Crippen molar-refractivity contribution in [2.45, 2.75) is 38.8 Å². The van der Waals surface area contributed by atoms with Crippen LogP contribution >= 0.6 is 11.3 Å². The van der Waals surface area contributed by atoms with Crippen molar-refractivity contribution in [1.82, 2.24) is 4.90 Å². The van der Waals surface area contributed by atoms with Gasteiger partial charge in [-0.15, -0.1) is 11.3 Å². The van der Waals surface area contributed by atoms with Gasteiger partial charge < -0.3 is 4.74 Å². The van der Waals surface area contributed by atoms with E-state index in [0.29, 0.717) is 23.7 Å². The number of nitrogens with zero attached hydrogens (tertiary/aromatic N) is 1. The molecule has 6 heteroatoms. The Morgan fingerprint density at radius 1 is 1.31 bits per heavy atom. The van der Waals surface area contributed by atoms with Gasteiger partial charge in [-0.25, -0.2) is 4.39 Å². The van der Waals surface area contributed by atoms with Crippen LogP contribution in [0.25, 0.3) is 0 Å². The number of halogens is 1. The molecule has 0 radical (unpaired) electrons. The van der Waals surface area contributed by atoms with E-state index in [1.165, 1.54) is 29.2 Å². The largest absolute Gasteiger partial charge is 0.416 e. The van der Waals surface area contributed by atoms with Crippen molar-refractivity contribution in [3.05, 3.63) is 52.2 Å². The van der Waals surface area contributed by atoms with E-state index >= 15 is 0 Å². The third-order valence-electron chi connectivity index (χ3n) is 4.93. The molecule has 26 heavy (non-hydrogen) atoms. The summed E-state index contributed by atoms with van der Waals surface area (Å²) in [5, 5.41) is 0.584. The van der Waals surface area contributed by atoms with Gasteiger partial charge in [0.25, 0.3) is 0 Å². The topological polar surface area (TPSA) is 46.6 Å². The molecule has 1 aromatic heterocycles. The van der Waals surface area contributed by atoms with Crippen LogP contribution in [-0.2, 0) is 22.6 Å². The van der Waals surface area contributed by atoms with Crippen molar-refractivity contribution < 1.29 is 18.7 Å². The van der Waals surface area contributed by atoms with Gasteiger partial charge in [-0.1, -0.05) is 18.2 Å². The fourth-order valence-corrected chi connectivity index (χ4v) is 4.61. The highest BCUT2D eigenvalue weighted by molar-refractivity contribution is 7.14. The first-order chi connectivity index (χ1) is 12.5. The molecule has 1 aliphatic heterocycles. The average molecular weight is 373 g/mol. The zero-order chi connectivity index (χ0) is 18.3. The molecule has 0 N–H and O–H groups in total. The number of carbonyl (C=O) groups excluding carboxylic acids is 2. The third kappa shape index (κ3) is 3.44. The SMILES string of the molecule is CC(=O)Oc1cc2c(s1)CCN([C@@H](C(=O)C1CC1)c1ccccc1F)C2. The summed E-state index contributed by atoms with van der Waals surface area (Å²) in [6, 6.07) is 7.89. The first-order valence-corrected chi connectivity index (χ1v) is 9.67. The highest BCUT2D eigenvalue weighted by Crippen LogP contribution is 2.41. The number of thiophene rings is 1. The van der Waals surface area contributed by atoms with Gasteiger partial charge in [0, 0.05) is 36.4 Å². The molecule has 1 atom stereocenters. The number of benzene rings is 1. The number of hydrogen-bond donors (Lipinski definition) is 0. The van der Waals surface area contributed by atoms with E-state index in [-0.39, 0.29) is 23.5 Å². The Hall–Kier alpha value is -2.05. The third-order valence-corrected chi connectivity index (χ3v) is 6.05. The van der Waals surface area contributed by atoms with Gasteiger partial charge in [-0.05, 0) is 37.0 Å². The van der Waals surface area contributed by atoms with Crippen LogP contribution in [0.15, 0.2) is 30.3 Å². The summed E-state index contributed by atoms with van der Waals surface area (Å²) in [6.45, 7) is 2.63. The molecular formula is C20H20FNO3S. The molecule has 2 aliphatic rings. The fourth-order valence-electron chi connectivity index (χ4n) is 3.56. The highest BCUT2D eigenvalue weighted by Gasteiger charge is 2.40. The van der Waals surface area contributed by atoms with Gasteiger partial charge in [0.1, 0.15) is 5.82 Å². The quantitative estimate of drug-likeness (QED) is 0.746. The van der Waals surface area contributed by atoms with Crippen LogP contribution in [0.3, 0.4) is 0 Å². The Morgan fingerprint density at radius 2 is 2.08 bits per heavy atom. The Labute approximate surface area is 155 Å². The van der Waals surface area contributed by atoms with Crippen LogP contribution in [0.2, 0.25) is 0 Å². The smallest absolute Gasteiger partial charge is 0.308 e. The second-order valence-corrected chi connectivity index (χ2v) is 8.03. The first-order valence-electron chi connectivity index (χ1n) is 8.85. The molecule has 1 saturated carbocycles. The fraction of sp³-hybridized carbons (Fsp3) is 0.400. The molecule has 0 amide bonds. The van der Waals surface area contributed by atoms with E-state index in [1.54, 1.807) is 18.2 Å². The summed E-state index contributed by atoms with van der Waals surface area (Å²) >= 11 is 1.47. The monoisotopic (exact) mass is 373 g/mol. The van der Waals surface area contributed by atoms with Gasteiger partial charge in [-0.3, -0.25) is 14.5 Å². The number of Topliss-reactive ketones (excluding diaryl/α,β-unsaturated/α-hetero) is 1. The Balaban J connectivity index is 1.63. The van der Waals surface area contributed by atoms with Crippen molar-refractivity contribution >= 4 is 23.1 Å². The lowest BCUT2D eigenvalue weighted by molar-refractivity contribution is -0.131. The number of ether oxygens (including phenoxy) is 1. The zero-order valence-corrected chi connectivity index (χ0v) is 15.4. The van der Waals surface area contributed by atoms with Crippen LogP contribution in [0.4, 0.5) is 4.39 Å². The summed E-state index contributed by atoms with van der Waals surface area (Å²) in [7, 11) is 0. The molecule has 1 aromatic carbocycles. The second kappa shape index (κ2) is 6.93. The number of carbonyl (C=O) groups is 2. The van der Waals surface area contributed by atoms with Crippen LogP contribution in [0.5, 0.6) is 5.06 Å². The maximum atomic E-state index is 14.4. The van der Waals surface area contributed by atoms with Gasteiger partial charge in [0.2, 0.25) is 0 Å². The molecule has 0 bridgehead atoms. The van der Waals surface area contributed by atoms with Gasteiger partial charge in [-0.2, -0.15) is 0 Å². The lowest BCUT2D eigenvalue weighted by Gasteiger charge is -2.34. The van der Waals surface area contributed by atoms with E-state index in [2.05, 4.69) is 4.90 Å². The molecule has 0 saturated heterocycles. The summed E-state index contributed by atoms with van der Waals surface area (Å²) in [4.78, 5) is 27.4. The van der Waals surface area contributed by atoms with E-state index in [9.17, 15) is 14.0 Å². The molecule has 2 aromatic rings. The molecule has 4 rings (SSSR count). The summed E-state index contributed by atoms with van der Waals surface area (Å²) in [5.74, 6) is -0.495. The number of ketones is 1. The summed E-state index contributed by atoms with van der Waals surface area (Å²) < 4.78 is 19.6. The van der Waals surface area contributed by atoms with Crippen molar-refractivity contribution in [1.29, 1.82) is 0 Å². The van der Waals surface area contributed by atoms with E-state index in [1.807, 2.05) is 6.07 Å². The summed E-state index contributed by atoms with van der Waals surface area (Å²) in [5.41, 5.74) is 1.52. The first kappa shape index (κ1) is 17.4. The second-order valence-electron chi connectivity index (χ2n) is 6.93. The lowest BCUT2D eigenvalue weighted by atomic mass is 9.95. The number of fused-ring (bicyclic) bond motifs is 1. The van der Waals surface area contributed by atoms with Crippen molar-refractivity contribution in [2.24, 2.45) is 5.92 Å². The molecule has 136 valence electrons. The van der Waals surface area contributed by atoms with Crippen molar-refractivity contribution in [3.8, 4) is 5.06 Å². The number of hydrogen-bond acceptors (Lipinski definition) is 5. The normalized spacial score (nSPS) is 18.2. The lowest BCUT2D eigenvalue weighted by Crippen LogP contribution is -2.38. The molecule has 1 fully saturated rings. The van der Waals surface area contributed by atoms with E-state index in [4.69, 9.17) is 4.74 Å². The van der Waals surface area contributed by atoms with Crippen LogP contribution in [-0.4, -0.2) is 23.2 Å². The van der Waals surface area contributed by atoms with Crippen molar-refractivity contribution in [3.63, 3.8) is 0 Å². The highest BCUT2D eigenvalue weighted by atomic mass is 32.1. The predicted octanol–water partition coefficient (Wildman–Crippen LogP) is 3.89. The minimum Gasteiger partial charge on any atom is -0.416 e. The van der Waals surface area contributed by atoms with Crippen LogP contribution in [0, 0.1) is 11.7 Å².